The summed E-state index contributed by atoms with van der Waals surface area (Å²) in [6.45, 7) is 1.96. The van der Waals surface area contributed by atoms with E-state index in [1.54, 1.807) is 6.20 Å². The number of likely N-dealkylation sites (tertiary alicyclic amines) is 1. The van der Waals surface area contributed by atoms with E-state index < -0.39 is 0 Å². The first kappa shape index (κ1) is 12.2. The second kappa shape index (κ2) is 5.41. The van der Waals surface area contributed by atoms with Crippen LogP contribution < -0.4 is 0 Å². The number of nitrogens with zero attached hydrogens (tertiary/aromatic N) is 2. The monoisotopic (exact) mass is 250 g/mol. The van der Waals surface area contributed by atoms with Gasteiger partial charge in [-0.2, -0.15) is 0 Å². The molecule has 1 saturated carbocycles. The number of aliphatic hydroxyl groups is 1. The molecule has 2 fully saturated rings. The van der Waals surface area contributed by atoms with E-state index in [1.807, 2.05) is 6.07 Å². The molecule has 1 aliphatic carbocycles. The molecule has 0 bridgehead atoms. The molecule has 100 valence electrons. The molecule has 1 saturated heterocycles. The SMILES string of the molecule is OC1CCCCC1C1CCCN1Cc1ccno1. The van der Waals surface area contributed by atoms with Crippen LogP contribution in [0.4, 0.5) is 0 Å². The largest absolute Gasteiger partial charge is 0.393 e. The van der Waals surface area contributed by atoms with Crippen LogP contribution in [0.2, 0.25) is 0 Å². The Morgan fingerprint density at radius 2 is 2.17 bits per heavy atom. The average Bonchev–Trinajstić information content (AvgIpc) is 3.02. The number of aromatic nitrogens is 1. The van der Waals surface area contributed by atoms with Gasteiger partial charge in [0.25, 0.3) is 0 Å². The normalized spacial score (nSPS) is 33.9. The van der Waals surface area contributed by atoms with Crippen LogP contribution in [0.15, 0.2) is 16.8 Å². The van der Waals surface area contributed by atoms with E-state index in [9.17, 15) is 5.11 Å². The first-order chi connectivity index (χ1) is 8.84. The highest BCUT2D eigenvalue weighted by Gasteiger charge is 2.36. The zero-order chi connectivity index (χ0) is 12.4. The van der Waals surface area contributed by atoms with Crippen LogP contribution in [-0.2, 0) is 6.54 Å². The molecule has 2 aliphatic rings. The van der Waals surface area contributed by atoms with E-state index in [1.165, 1.54) is 32.1 Å². The number of rotatable bonds is 3. The first-order valence-corrected chi connectivity index (χ1v) is 7.16. The summed E-state index contributed by atoms with van der Waals surface area (Å²) in [5, 5.41) is 14.0. The standard InChI is InChI=1S/C14H22N2O2/c17-14-6-2-1-4-12(14)13-5-3-9-16(13)10-11-7-8-15-18-11/h7-8,12-14,17H,1-6,9-10H2. The predicted molar refractivity (Wildman–Crippen MR) is 67.9 cm³/mol. The Kier molecular flexibility index (Phi) is 3.66. The molecule has 4 nitrogen and oxygen atoms in total. The number of hydrogen-bond acceptors (Lipinski definition) is 4. The van der Waals surface area contributed by atoms with E-state index in [4.69, 9.17) is 4.52 Å². The molecule has 3 unspecified atom stereocenters. The van der Waals surface area contributed by atoms with Crippen molar-refractivity contribution in [2.45, 2.75) is 57.2 Å². The average molecular weight is 250 g/mol. The molecule has 1 N–H and O–H groups in total. The molecule has 3 rings (SSSR count). The maximum atomic E-state index is 10.2. The van der Waals surface area contributed by atoms with Crippen molar-refractivity contribution in [2.75, 3.05) is 6.54 Å². The molecule has 1 aliphatic heterocycles. The summed E-state index contributed by atoms with van der Waals surface area (Å²) in [4.78, 5) is 2.47. The molecule has 18 heavy (non-hydrogen) atoms. The number of hydrogen-bond donors (Lipinski definition) is 1. The van der Waals surface area contributed by atoms with E-state index in [-0.39, 0.29) is 6.10 Å². The summed E-state index contributed by atoms with van der Waals surface area (Å²) in [5.74, 6) is 1.40. The van der Waals surface area contributed by atoms with Crippen molar-refractivity contribution < 1.29 is 9.63 Å². The lowest BCUT2D eigenvalue weighted by Gasteiger charge is -2.36. The van der Waals surface area contributed by atoms with Gasteiger partial charge in [0.1, 0.15) is 0 Å². The highest BCUT2D eigenvalue weighted by molar-refractivity contribution is 4.97. The van der Waals surface area contributed by atoms with Crippen LogP contribution >= 0.6 is 0 Å². The molecule has 0 aromatic carbocycles. The van der Waals surface area contributed by atoms with Gasteiger partial charge in [-0.3, -0.25) is 4.90 Å². The van der Waals surface area contributed by atoms with Gasteiger partial charge in [-0.05, 0) is 32.2 Å². The smallest absolute Gasteiger partial charge is 0.150 e. The van der Waals surface area contributed by atoms with E-state index in [2.05, 4.69) is 10.1 Å². The lowest BCUT2D eigenvalue weighted by molar-refractivity contribution is 0.0182. The van der Waals surface area contributed by atoms with Crippen LogP contribution in [0.3, 0.4) is 0 Å². The third kappa shape index (κ3) is 2.45. The summed E-state index contributed by atoms with van der Waals surface area (Å²) >= 11 is 0. The lowest BCUT2D eigenvalue weighted by Crippen LogP contribution is -2.42. The van der Waals surface area contributed by atoms with Gasteiger partial charge in [0, 0.05) is 18.0 Å². The zero-order valence-corrected chi connectivity index (χ0v) is 10.8. The second-order valence-electron chi connectivity index (χ2n) is 5.67. The molecule has 0 radical (unpaired) electrons. The Balaban J connectivity index is 1.66. The summed E-state index contributed by atoms with van der Waals surface area (Å²) in [5.41, 5.74) is 0. The molecular weight excluding hydrogens is 228 g/mol. The third-order valence-electron chi connectivity index (χ3n) is 4.54. The topological polar surface area (TPSA) is 49.5 Å². The highest BCUT2D eigenvalue weighted by atomic mass is 16.5. The maximum absolute atomic E-state index is 10.2. The van der Waals surface area contributed by atoms with Crippen molar-refractivity contribution >= 4 is 0 Å². The molecule has 2 heterocycles. The summed E-state index contributed by atoms with van der Waals surface area (Å²) in [7, 11) is 0. The highest BCUT2D eigenvalue weighted by Crippen LogP contribution is 2.35. The minimum absolute atomic E-state index is 0.0981. The minimum atomic E-state index is -0.0981. The minimum Gasteiger partial charge on any atom is -0.393 e. The zero-order valence-electron chi connectivity index (χ0n) is 10.8. The summed E-state index contributed by atoms with van der Waals surface area (Å²) < 4.78 is 5.20. The molecule has 1 aromatic heterocycles. The quantitative estimate of drug-likeness (QED) is 0.893. The Labute approximate surface area is 108 Å². The van der Waals surface area contributed by atoms with Crippen molar-refractivity contribution in [3.63, 3.8) is 0 Å². The Morgan fingerprint density at radius 1 is 1.28 bits per heavy atom. The van der Waals surface area contributed by atoms with Crippen LogP contribution in [0, 0.1) is 5.92 Å². The van der Waals surface area contributed by atoms with Gasteiger partial charge in [0.15, 0.2) is 5.76 Å². The lowest BCUT2D eigenvalue weighted by atomic mass is 9.80. The van der Waals surface area contributed by atoms with Gasteiger partial charge >= 0.3 is 0 Å². The van der Waals surface area contributed by atoms with Crippen LogP contribution in [0.25, 0.3) is 0 Å². The molecule has 1 aromatic rings. The fraction of sp³-hybridized carbons (Fsp3) is 0.786. The van der Waals surface area contributed by atoms with Crippen molar-refractivity contribution in [1.29, 1.82) is 0 Å². The van der Waals surface area contributed by atoms with Crippen LogP contribution in [0.1, 0.15) is 44.3 Å². The summed E-state index contributed by atoms with van der Waals surface area (Å²) in [6.07, 6.45) is 8.68. The third-order valence-corrected chi connectivity index (χ3v) is 4.54. The van der Waals surface area contributed by atoms with Crippen molar-refractivity contribution in [3.8, 4) is 0 Å². The van der Waals surface area contributed by atoms with E-state index in [0.29, 0.717) is 12.0 Å². The van der Waals surface area contributed by atoms with Crippen molar-refractivity contribution in [3.05, 3.63) is 18.0 Å². The Morgan fingerprint density at radius 3 is 2.94 bits per heavy atom. The Hall–Kier alpha value is -0.870. The summed E-state index contributed by atoms with van der Waals surface area (Å²) in [6, 6.07) is 2.47. The van der Waals surface area contributed by atoms with E-state index in [0.717, 1.165) is 25.3 Å². The first-order valence-electron chi connectivity index (χ1n) is 7.16. The van der Waals surface area contributed by atoms with Gasteiger partial charge < -0.3 is 9.63 Å². The maximum Gasteiger partial charge on any atom is 0.150 e. The van der Waals surface area contributed by atoms with E-state index >= 15 is 0 Å². The fourth-order valence-electron chi connectivity index (χ4n) is 3.65. The van der Waals surface area contributed by atoms with Crippen LogP contribution in [-0.4, -0.2) is 33.9 Å². The molecule has 3 atom stereocenters. The van der Waals surface area contributed by atoms with Gasteiger partial charge in [0.2, 0.25) is 0 Å². The second-order valence-corrected chi connectivity index (χ2v) is 5.67. The molecular formula is C14H22N2O2. The van der Waals surface area contributed by atoms with Gasteiger partial charge in [-0.15, -0.1) is 0 Å². The predicted octanol–water partition coefficient (Wildman–Crippen LogP) is 2.19. The van der Waals surface area contributed by atoms with Crippen molar-refractivity contribution in [2.24, 2.45) is 5.92 Å². The van der Waals surface area contributed by atoms with Gasteiger partial charge in [-0.1, -0.05) is 18.0 Å². The fourth-order valence-corrected chi connectivity index (χ4v) is 3.65. The molecule has 0 amide bonds. The van der Waals surface area contributed by atoms with Crippen LogP contribution in [0.5, 0.6) is 0 Å². The van der Waals surface area contributed by atoms with Gasteiger partial charge in [-0.25, -0.2) is 0 Å². The van der Waals surface area contributed by atoms with Crippen molar-refractivity contribution in [1.82, 2.24) is 10.1 Å². The molecule has 0 spiro atoms. The van der Waals surface area contributed by atoms with Gasteiger partial charge in [0.05, 0.1) is 18.8 Å². The number of aliphatic hydroxyl groups excluding tert-OH is 1. The molecule has 4 heteroatoms. The Bertz CT molecular complexity index is 366.